The van der Waals surface area contributed by atoms with Gasteiger partial charge in [-0.15, -0.1) is 10.2 Å². The lowest BCUT2D eigenvalue weighted by molar-refractivity contribution is 0.518. The Balaban J connectivity index is 1.61. The molecule has 0 aliphatic rings. The molecule has 0 spiro atoms. The quantitative estimate of drug-likeness (QED) is 0.588. The van der Waals surface area contributed by atoms with Crippen LogP contribution in [0.3, 0.4) is 0 Å². The van der Waals surface area contributed by atoms with Crippen LogP contribution in [0.5, 0.6) is 0 Å². The van der Waals surface area contributed by atoms with Gasteiger partial charge in [0.25, 0.3) is 0 Å². The van der Waals surface area contributed by atoms with Crippen molar-refractivity contribution in [1.29, 1.82) is 0 Å². The second kappa shape index (κ2) is 5.98. The molecule has 4 aromatic rings. The molecule has 25 heavy (non-hydrogen) atoms. The lowest BCUT2D eigenvalue weighted by atomic mass is 10.1. The van der Waals surface area contributed by atoms with E-state index < -0.39 is 9.84 Å². The van der Waals surface area contributed by atoms with Crippen molar-refractivity contribution in [2.24, 2.45) is 0 Å². The fourth-order valence-corrected chi connectivity index (χ4v) is 3.68. The molecule has 2 aromatic carbocycles. The molecule has 0 fully saturated rings. The number of H-pyrrole nitrogens is 1. The van der Waals surface area contributed by atoms with Crippen LogP contribution in [0.25, 0.3) is 22.4 Å². The molecule has 7 nitrogen and oxygen atoms in total. The molecule has 0 saturated carbocycles. The Labute approximate surface area is 147 Å². The summed E-state index contributed by atoms with van der Waals surface area (Å²) < 4.78 is 30.3. The first-order valence-electron chi connectivity index (χ1n) is 7.25. The molecule has 2 aromatic heterocycles. The Morgan fingerprint density at radius 2 is 1.88 bits per heavy atom. The molecule has 2 heterocycles. The molecule has 0 saturated heterocycles. The number of nitrogens with one attached hydrogen (secondary N) is 1. The zero-order valence-corrected chi connectivity index (χ0v) is 14.3. The highest BCUT2D eigenvalue weighted by Crippen LogP contribution is 2.24. The Kier molecular flexibility index (Phi) is 3.78. The highest BCUT2D eigenvalue weighted by molar-refractivity contribution is 7.90. The Bertz CT molecular complexity index is 1150. The predicted molar refractivity (Wildman–Crippen MR) is 91.7 cm³/mol. The fourth-order valence-electron chi connectivity index (χ4n) is 2.39. The first kappa shape index (κ1) is 15.8. The van der Waals surface area contributed by atoms with Gasteiger partial charge in [-0.1, -0.05) is 11.6 Å². The minimum absolute atomic E-state index is 0.0252. The van der Waals surface area contributed by atoms with Gasteiger partial charge in [-0.05, 0) is 42.5 Å². The molecule has 0 bridgehead atoms. The summed E-state index contributed by atoms with van der Waals surface area (Å²) in [6, 6.07) is 11.4. The number of aromatic nitrogens is 4. The van der Waals surface area contributed by atoms with Crippen LogP contribution in [0, 0.1) is 0 Å². The van der Waals surface area contributed by atoms with Gasteiger partial charge in [0.1, 0.15) is 5.75 Å². The summed E-state index contributed by atoms with van der Waals surface area (Å²) in [6.45, 7) is 0. The summed E-state index contributed by atoms with van der Waals surface area (Å²) in [5.74, 6) is -0.100. The second-order valence-electron chi connectivity index (χ2n) is 5.39. The number of nitrogens with zero attached hydrogens (tertiary/aromatic N) is 3. The monoisotopic (exact) mass is 374 g/mol. The third-order valence-corrected chi connectivity index (χ3v) is 5.51. The van der Waals surface area contributed by atoms with Crippen molar-refractivity contribution in [2.75, 3.05) is 0 Å². The van der Waals surface area contributed by atoms with Gasteiger partial charge < -0.3 is 4.42 Å². The van der Waals surface area contributed by atoms with Gasteiger partial charge in [0.2, 0.25) is 11.8 Å². The molecule has 126 valence electrons. The Morgan fingerprint density at radius 1 is 1.08 bits per heavy atom. The van der Waals surface area contributed by atoms with Gasteiger partial charge in [-0.2, -0.15) is 5.10 Å². The summed E-state index contributed by atoms with van der Waals surface area (Å²) in [7, 11) is -3.59. The van der Waals surface area contributed by atoms with Crippen molar-refractivity contribution in [1.82, 2.24) is 20.4 Å². The van der Waals surface area contributed by atoms with E-state index in [1.807, 2.05) is 12.1 Å². The number of rotatable bonds is 4. The number of aromatic amines is 1. The van der Waals surface area contributed by atoms with Gasteiger partial charge in [-0.3, -0.25) is 5.10 Å². The van der Waals surface area contributed by atoms with Crippen molar-refractivity contribution in [3.05, 3.63) is 59.6 Å². The number of benzene rings is 2. The van der Waals surface area contributed by atoms with E-state index in [0.717, 1.165) is 10.9 Å². The summed E-state index contributed by atoms with van der Waals surface area (Å²) in [5.41, 5.74) is 1.57. The van der Waals surface area contributed by atoms with E-state index in [-0.39, 0.29) is 22.4 Å². The van der Waals surface area contributed by atoms with Crippen LogP contribution in [-0.2, 0) is 15.6 Å². The zero-order chi connectivity index (χ0) is 17.4. The average Bonchev–Trinajstić information content (AvgIpc) is 3.23. The van der Waals surface area contributed by atoms with Crippen molar-refractivity contribution >= 4 is 32.3 Å². The van der Waals surface area contributed by atoms with Crippen molar-refractivity contribution in [3.8, 4) is 11.5 Å². The van der Waals surface area contributed by atoms with Gasteiger partial charge >= 0.3 is 0 Å². The topological polar surface area (TPSA) is 102 Å². The summed E-state index contributed by atoms with van der Waals surface area (Å²) in [4.78, 5) is 0.150. The first-order valence-corrected chi connectivity index (χ1v) is 9.28. The van der Waals surface area contributed by atoms with E-state index in [9.17, 15) is 8.42 Å². The molecule has 0 aliphatic heterocycles. The molecule has 0 amide bonds. The number of fused-ring (bicyclic) bond motifs is 1. The number of halogens is 1. The highest BCUT2D eigenvalue weighted by atomic mass is 35.5. The van der Waals surface area contributed by atoms with E-state index in [1.165, 1.54) is 24.3 Å². The minimum atomic E-state index is -3.59. The molecule has 9 heteroatoms. The molecule has 4 rings (SSSR count). The standard InChI is InChI=1S/C16H11ClN4O3S/c17-12-2-4-13(5-3-12)25(22,23)9-15-20-21-16(24-15)10-1-6-14-11(7-10)8-18-19-14/h1-8H,9H2,(H,18,19). The van der Waals surface area contributed by atoms with Crippen molar-refractivity contribution in [2.45, 2.75) is 10.6 Å². The molecular weight excluding hydrogens is 364 g/mol. The SMILES string of the molecule is O=S(=O)(Cc1nnc(-c2ccc3[nH]ncc3c2)o1)c1ccc(Cl)cc1. The molecule has 0 atom stereocenters. The Hall–Kier alpha value is -2.71. The van der Waals surface area contributed by atoms with Crippen LogP contribution in [0.4, 0.5) is 0 Å². The van der Waals surface area contributed by atoms with Crippen LogP contribution in [0.1, 0.15) is 5.89 Å². The van der Waals surface area contributed by atoms with Crippen molar-refractivity contribution < 1.29 is 12.8 Å². The smallest absolute Gasteiger partial charge is 0.247 e. The normalized spacial score (nSPS) is 11.9. The lowest BCUT2D eigenvalue weighted by Gasteiger charge is -2.01. The average molecular weight is 375 g/mol. The second-order valence-corrected chi connectivity index (χ2v) is 7.81. The third kappa shape index (κ3) is 3.13. The molecule has 0 aliphatic carbocycles. The van der Waals surface area contributed by atoms with Crippen LogP contribution in [-0.4, -0.2) is 28.8 Å². The van der Waals surface area contributed by atoms with E-state index in [0.29, 0.717) is 10.6 Å². The third-order valence-electron chi connectivity index (χ3n) is 3.64. The maximum absolute atomic E-state index is 12.4. The fraction of sp³-hybridized carbons (Fsp3) is 0.0625. The van der Waals surface area contributed by atoms with Crippen molar-refractivity contribution in [3.63, 3.8) is 0 Å². The lowest BCUT2D eigenvalue weighted by Crippen LogP contribution is -2.05. The number of hydrogen-bond acceptors (Lipinski definition) is 6. The summed E-state index contributed by atoms with van der Waals surface area (Å²) in [6.07, 6.45) is 1.68. The van der Waals surface area contributed by atoms with E-state index in [2.05, 4.69) is 20.4 Å². The molecular formula is C16H11ClN4O3S. The highest BCUT2D eigenvalue weighted by Gasteiger charge is 2.20. The van der Waals surface area contributed by atoms with Crippen LogP contribution in [0.2, 0.25) is 5.02 Å². The first-order chi connectivity index (χ1) is 12.0. The zero-order valence-electron chi connectivity index (χ0n) is 12.7. The molecule has 0 radical (unpaired) electrons. The van der Waals surface area contributed by atoms with Crippen LogP contribution < -0.4 is 0 Å². The molecule has 0 unspecified atom stereocenters. The minimum Gasteiger partial charge on any atom is -0.420 e. The molecule has 1 N–H and O–H groups in total. The predicted octanol–water partition coefficient (Wildman–Crippen LogP) is 3.24. The van der Waals surface area contributed by atoms with Gasteiger partial charge in [0, 0.05) is 16.0 Å². The summed E-state index contributed by atoms with van der Waals surface area (Å²) >= 11 is 5.78. The largest absolute Gasteiger partial charge is 0.420 e. The number of hydrogen-bond donors (Lipinski definition) is 1. The Morgan fingerprint density at radius 3 is 2.68 bits per heavy atom. The maximum Gasteiger partial charge on any atom is 0.247 e. The van der Waals surface area contributed by atoms with Gasteiger partial charge in [-0.25, -0.2) is 8.42 Å². The maximum atomic E-state index is 12.4. The summed E-state index contributed by atoms with van der Waals surface area (Å²) in [5, 5.41) is 15.9. The van der Waals surface area contributed by atoms with Crippen LogP contribution >= 0.6 is 11.6 Å². The van der Waals surface area contributed by atoms with E-state index in [4.69, 9.17) is 16.0 Å². The van der Waals surface area contributed by atoms with Gasteiger partial charge in [0.05, 0.1) is 16.6 Å². The van der Waals surface area contributed by atoms with Crippen LogP contribution in [0.15, 0.2) is 58.0 Å². The van der Waals surface area contributed by atoms with E-state index in [1.54, 1.807) is 12.3 Å². The van der Waals surface area contributed by atoms with E-state index >= 15 is 0 Å². The number of sulfone groups is 1. The van der Waals surface area contributed by atoms with Gasteiger partial charge in [0.15, 0.2) is 9.84 Å².